The highest BCUT2D eigenvalue weighted by Gasteiger charge is 2.22. The van der Waals surface area contributed by atoms with Crippen molar-refractivity contribution in [3.05, 3.63) is 70.4 Å². The van der Waals surface area contributed by atoms with Crippen LogP contribution in [-0.2, 0) is 29.0 Å². The third-order valence-electron chi connectivity index (χ3n) is 5.89. The molecule has 1 aliphatic rings. The van der Waals surface area contributed by atoms with Gasteiger partial charge in [-0.15, -0.1) is 0 Å². The van der Waals surface area contributed by atoms with E-state index < -0.39 is 17.9 Å². The molecule has 33 heavy (non-hydrogen) atoms. The Balaban J connectivity index is 1.26. The lowest BCUT2D eigenvalue weighted by atomic mass is 10.1. The minimum Gasteiger partial charge on any atom is -0.484 e. The van der Waals surface area contributed by atoms with Crippen molar-refractivity contribution >= 4 is 33.7 Å². The van der Waals surface area contributed by atoms with Crippen molar-refractivity contribution in [2.75, 3.05) is 6.61 Å². The number of nitrogens with zero attached hydrogens (tertiary/aromatic N) is 2. The van der Waals surface area contributed by atoms with Crippen LogP contribution in [0.4, 0.5) is 0 Å². The Morgan fingerprint density at radius 2 is 2.06 bits per heavy atom. The van der Waals surface area contributed by atoms with Crippen LogP contribution in [0.1, 0.15) is 17.8 Å². The number of H-pyrrole nitrogens is 1. The van der Waals surface area contributed by atoms with Gasteiger partial charge in [0.2, 0.25) is 0 Å². The number of ether oxygens (including phenoxy) is 1. The van der Waals surface area contributed by atoms with Crippen LogP contribution in [0, 0.1) is 0 Å². The van der Waals surface area contributed by atoms with Crippen molar-refractivity contribution in [1.82, 2.24) is 19.9 Å². The standard InChI is InChI=1S/C24H22N4O5/c29-22(27-20(24(31)32)10-14-12-25-18-5-2-1-4-16(14)18)13-33-15-7-8-19-17(11-15)23(30)28-9-3-6-21(28)26-19/h1-2,4-5,7-8,11-12,20,25H,3,6,9-10,13H2,(H,27,29)(H,31,32)/t20-/m0/s1. The molecular formula is C24H22N4O5. The second kappa shape index (κ2) is 8.42. The average Bonchev–Trinajstić information content (AvgIpc) is 3.45. The van der Waals surface area contributed by atoms with Gasteiger partial charge in [-0.05, 0) is 36.2 Å². The van der Waals surface area contributed by atoms with E-state index in [2.05, 4.69) is 15.3 Å². The molecule has 3 N–H and O–H groups in total. The van der Waals surface area contributed by atoms with Gasteiger partial charge in [-0.1, -0.05) is 18.2 Å². The molecule has 168 valence electrons. The molecule has 1 aliphatic heterocycles. The van der Waals surface area contributed by atoms with E-state index in [1.165, 1.54) is 0 Å². The summed E-state index contributed by atoms with van der Waals surface area (Å²) in [4.78, 5) is 44.5. The molecule has 1 amide bonds. The number of fused-ring (bicyclic) bond motifs is 3. The average molecular weight is 446 g/mol. The van der Waals surface area contributed by atoms with Crippen LogP contribution in [0.15, 0.2) is 53.5 Å². The molecule has 0 radical (unpaired) electrons. The smallest absolute Gasteiger partial charge is 0.326 e. The van der Waals surface area contributed by atoms with Gasteiger partial charge in [0.05, 0.1) is 10.9 Å². The van der Waals surface area contributed by atoms with E-state index in [1.807, 2.05) is 24.3 Å². The minimum atomic E-state index is -1.13. The van der Waals surface area contributed by atoms with E-state index >= 15 is 0 Å². The SMILES string of the molecule is O=C(COc1ccc2nc3n(c(=O)c2c1)CCC3)N[C@@H](Cc1c[nH]c2ccccc12)C(=O)O. The number of nitrogens with one attached hydrogen (secondary N) is 2. The molecule has 0 spiro atoms. The van der Waals surface area contributed by atoms with Crippen LogP contribution in [0.2, 0.25) is 0 Å². The van der Waals surface area contributed by atoms with E-state index in [9.17, 15) is 19.5 Å². The van der Waals surface area contributed by atoms with Crippen LogP contribution >= 0.6 is 0 Å². The Morgan fingerprint density at radius 1 is 1.21 bits per heavy atom. The monoisotopic (exact) mass is 446 g/mol. The van der Waals surface area contributed by atoms with Gasteiger partial charge < -0.3 is 20.1 Å². The number of aliphatic carboxylic acids is 1. The van der Waals surface area contributed by atoms with Gasteiger partial charge in [0.25, 0.3) is 11.5 Å². The highest BCUT2D eigenvalue weighted by molar-refractivity contribution is 5.87. The number of aromatic amines is 1. The van der Waals surface area contributed by atoms with Crippen molar-refractivity contribution < 1.29 is 19.4 Å². The fraction of sp³-hybridized carbons (Fsp3) is 0.250. The number of carbonyl (C=O) groups excluding carboxylic acids is 1. The molecule has 0 aliphatic carbocycles. The van der Waals surface area contributed by atoms with Gasteiger partial charge in [0.15, 0.2) is 6.61 Å². The summed E-state index contributed by atoms with van der Waals surface area (Å²) in [5, 5.41) is 13.5. The number of carboxylic acids is 1. The van der Waals surface area contributed by atoms with Gasteiger partial charge in [-0.25, -0.2) is 9.78 Å². The molecule has 0 fully saturated rings. The summed E-state index contributed by atoms with van der Waals surface area (Å²) in [7, 11) is 0. The highest BCUT2D eigenvalue weighted by atomic mass is 16.5. The molecular weight excluding hydrogens is 424 g/mol. The Hall–Kier alpha value is -4.14. The lowest BCUT2D eigenvalue weighted by Gasteiger charge is -2.15. The summed E-state index contributed by atoms with van der Waals surface area (Å²) < 4.78 is 7.22. The van der Waals surface area contributed by atoms with Crippen molar-refractivity contribution in [3.8, 4) is 5.75 Å². The number of aryl methyl sites for hydroxylation is 1. The second-order valence-corrected chi connectivity index (χ2v) is 8.08. The van der Waals surface area contributed by atoms with Crippen LogP contribution in [0.5, 0.6) is 5.75 Å². The number of amides is 1. The van der Waals surface area contributed by atoms with Crippen molar-refractivity contribution in [1.29, 1.82) is 0 Å². The first kappa shape index (κ1) is 20.7. The van der Waals surface area contributed by atoms with Crippen molar-refractivity contribution in [2.45, 2.75) is 31.8 Å². The lowest BCUT2D eigenvalue weighted by molar-refractivity contribution is -0.142. The molecule has 0 saturated heterocycles. The molecule has 2 aromatic heterocycles. The van der Waals surface area contributed by atoms with E-state index in [-0.39, 0.29) is 18.6 Å². The Morgan fingerprint density at radius 3 is 2.91 bits per heavy atom. The summed E-state index contributed by atoms with van der Waals surface area (Å²) in [6.07, 6.45) is 3.56. The van der Waals surface area contributed by atoms with Gasteiger partial charge in [0.1, 0.15) is 17.6 Å². The zero-order valence-electron chi connectivity index (χ0n) is 17.7. The summed E-state index contributed by atoms with van der Waals surface area (Å²) in [6, 6.07) is 11.4. The zero-order valence-corrected chi connectivity index (χ0v) is 17.7. The predicted octanol–water partition coefficient (Wildman–Crippen LogP) is 2.01. The first-order valence-corrected chi connectivity index (χ1v) is 10.7. The Labute approximate surface area is 188 Å². The van der Waals surface area contributed by atoms with Crippen LogP contribution < -0.4 is 15.6 Å². The van der Waals surface area contributed by atoms with Gasteiger partial charge in [0, 0.05) is 36.5 Å². The number of aromatic nitrogens is 3. The molecule has 0 bridgehead atoms. The first-order valence-electron chi connectivity index (χ1n) is 10.7. The summed E-state index contributed by atoms with van der Waals surface area (Å²) in [5.41, 5.74) is 2.18. The molecule has 2 aromatic carbocycles. The Kier molecular flexibility index (Phi) is 5.29. The molecule has 5 rings (SSSR count). The topological polar surface area (TPSA) is 126 Å². The normalized spacial score (nSPS) is 13.7. The Bertz CT molecular complexity index is 1440. The van der Waals surface area contributed by atoms with Gasteiger partial charge in [-0.3, -0.25) is 14.2 Å². The number of hydrogen-bond acceptors (Lipinski definition) is 5. The van der Waals surface area contributed by atoms with E-state index in [0.29, 0.717) is 23.2 Å². The fourth-order valence-corrected chi connectivity index (χ4v) is 4.26. The second-order valence-electron chi connectivity index (χ2n) is 8.08. The number of para-hydroxylation sites is 1. The number of rotatable bonds is 7. The van der Waals surface area contributed by atoms with Crippen LogP contribution in [0.3, 0.4) is 0 Å². The van der Waals surface area contributed by atoms with Gasteiger partial charge >= 0.3 is 5.97 Å². The number of hydrogen-bond donors (Lipinski definition) is 3. The maximum Gasteiger partial charge on any atom is 0.326 e. The highest BCUT2D eigenvalue weighted by Crippen LogP contribution is 2.21. The summed E-state index contributed by atoms with van der Waals surface area (Å²) in [5.74, 6) is -0.563. The van der Waals surface area contributed by atoms with Crippen molar-refractivity contribution in [2.24, 2.45) is 0 Å². The molecule has 4 aromatic rings. The molecule has 1 atom stereocenters. The lowest BCUT2D eigenvalue weighted by Crippen LogP contribution is -2.44. The predicted molar refractivity (Wildman–Crippen MR) is 121 cm³/mol. The third kappa shape index (κ3) is 4.05. The van der Waals surface area contributed by atoms with Crippen LogP contribution in [0.25, 0.3) is 21.8 Å². The molecule has 0 saturated carbocycles. The number of carbonyl (C=O) groups is 2. The van der Waals surface area contributed by atoms with E-state index in [4.69, 9.17) is 4.74 Å². The van der Waals surface area contributed by atoms with Crippen molar-refractivity contribution in [3.63, 3.8) is 0 Å². The zero-order chi connectivity index (χ0) is 22.9. The quantitative estimate of drug-likeness (QED) is 0.399. The fourth-order valence-electron chi connectivity index (χ4n) is 4.26. The summed E-state index contributed by atoms with van der Waals surface area (Å²) >= 11 is 0. The van der Waals surface area contributed by atoms with Crippen LogP contribution in [-0.4, -0.2) is 44.2 Å². The van der Waals surface area contributed by atoms with E-state index in [1.54, 1.807) is 29.0 Å². The maximum atomic E-state index is 12.7. The molecule has 9 heteroatoms. The third-order valence-corrected chi connectivity index (χ3v) is 5.89. The summed E-state index contributed by atoms with van der Waals surface area (Å²) in [6.45, 7) is 0.278. The molecule has 0 unspecified atom stereocenters. The molecule has 9 nitrogen and oxygen atoms in total. The number of carboxylic acid groups (broad SMARTS) is 1. The first-order chi connectivity index (χ1) is 16.0. The van der Waals surface area contributed by atoms with E-state index in [0.717, 1.165) is 35.1 Å². The molecule has 3 heterocycles. The van der Waals surface area contributed by atoms with Gasteiger partial charge in [-0.2, -0.15) is 0 Å². The number of benzene rings is 2. The largest absolute Gasteiger partial charge is 0.484 e. The maximum absolute atomic E-state index is 12.7. The minimum absolute atomic E-state index is 0.118.